The third-order valence-corrected chi connectivity index (χ3v) is 4.50. The topological polar surface area (TPSA) is 59.6 Å². The minimum Gasteiger partial charge on any atom is -0.454 e. The molecule has 1 aromatic rings. The molecule has 0 spiro atoms. The standard InChI is InChI=1S/C16H22N2O3/c1-11(12-3-4-13-14(9-12)21-10-20-13)18-15(19)16(2)5-7-17-8-6-16/h3-4,9,11,17H,5-8,10H2,1-2H3,(H,18,19). The number of hydrogen-bond acceptors (Lipinski definition) is 4. The Hall–Kier alpha value is -1.75. The number of amides is 1. The highest BCUT2D eigenvalue weighted by atomic mass is 16.7. The fraction of sp³-hybridized carbons (Fsp3) is 0.562. The van der Waals surface area contributed by atoms with Gasteiger partial charge in [-0.2, -0.15) is 0 Å². The average Bonchev–Trinajstić information content (AvgIpc) is 2.95. The molecule has 1 amide bonds. The Bertz CT molecular complexity index is 538. The highest BCUT2D eigenvalue weighted by Gasteiger charge is 2.35. The molecule has 5 nitrogen and oxygen atoms in total. The van der Waals surface area contributed by atoms with Crippen molar-refractivity contribution in [3.8, 4) is 11.5 Å². The van der Waals surface area contributed by atoms with Crippen LogP contribution in [0.25, 0.3) is 0 Å². The van der Waals surface area contributed by atoms with Gasteiger partial charge in [-0.25, -0.2) is 0 Å². The molecule has 2 N–H and O–H groups in total. The molecule has 1 fully saturated rings. The van der Waals surface area contributed by atoms with Gasteiger partial charge >= 0.3 is 0 Å². The second kappa shape index (κ2) is 5.56. The Labute approximate surface area is 125 Å². The lowest BCUT2D eigenvalue weighted by molar-refractivity contribution is -0.132. The van der Waals surface area contributed by atoms with Crippen LogP contribution in [0, 0.1) is 5.41 Å². The predicted molar refractivity (Wildman–Crippen MR) is 79.3 cm³/mol. The molecule has 1 aromatic carbocycles. The molecule has 0 saturated carbocycles. The van der Waals surface area contributed by atoms with Crippen molar-refractivity contribution in [3.05, 3.63) is 23.8 Å². The van der Waals surface area contributed by atoms with Crippen LogP contribution in [0.5, 0.6) is 11.5 Å². The average molecular weight is 290 g/mol. The summed E-state index contributed by atoms with van der Waals surface area (Å²) in [6.45, 7) is 6.13. The van der Waals surface area contributed by atoms with E-state index in [1.807, 2.05) is 25.1 Å². The van der Waals surface area contributed by atoms with E-state index in [1.54, 1.807) is 0 Å². The van der Waals surface area contributed by atoms with Crippen LogP contribution in [0.3, 0.4) is 0 Å². The van der Waals surface area contributed by atoms with Crippen LogP contribution >= 0.6 is 0 Å². The maximum atomic E-state index is 12.5. The Kier molecular flexibility index (Phi) is 3.76. The molecule has 1 atom stereocenters. The second-order valence-electron chi connectivity index (χ2n) is 6.12. The smallest absolute Gasteiger partial charge is 0.231 e. The van der Waals surface area contributed by atoms with E-state index in [-0.39, 0.29) is 24.2 Å². The van der Waals surface area contributed by atoms with E-state index < -0.39 is 0 Å². The van der Waals surface area contributed by atoms with E-state index >= 15 is 0 Å². The maximum Gasteiger partial charge on any atom is 0.231 e. The van der Waals surface area contributed by atoms with Gasteiger partial charge in [-0.05, 0) is 50.6 Å². The minimum absolute atomic E-state index is 0.0429. The lowest BCUT2D eigenvalue weighted by atomic mass is 9.80. The molecule has 21 heavy (non-hydrogen) atoms. The molecule has 0 bridgehead atoms. The Morgan fingerprint density at radius 2 is 2.00 bits per heavy atom. The number of carbonyl (C=O) groups is 1. The molecule has 1 unspecified atom stereocenters. The summed E-state index contributed by atoms with van der Waals surface area (Å²) >= 11 is 0. The van der Waals surface area contributed by atoms with Crippen molar-refractivity contribution in [2.45, 2.75) is 32.7 Å². The first-order chi connectivity index (χ1) is 10.1. The summed E-state index contributed by atoms with van der Waals surface area (Å²) in [5, 5.41) is 6.43. The fourth-order valence-electron chi connectivity index (χ4n) is 2.84. The minimum atomic E-state index is -0.268. The molecule has 0 aliphatic carbocycles. The molecule has 2 aliphatic heterocycles. The van der Waals surface area contributed by atoms with E-state index in [4.69, 9.17) is 9.47 Å². The largest absolute Gasteiger partial charge is 0.454 e. The van der Waals surface area contributed by atoms with Crippen LogP contribution < -0.4 is 20.1 Å². The number of hydrogen-bond donors (Lipinski definition) is 2. The molecule has 3 rings (SSSR count). The zero-order chi connectivity index (χ0) is 14.9. The summed E-state index contributed by atoms with van der Waals surface area (Å²) in [4.78, 5) is 12.5. The first kappa shape index (κ1) is 14.2. The normalized spacial score (nSPS) is 20.9. The van der Waals surface area contributed by atoms with E-state index in [0.717, 1.165) is 43.0 Å². The Morgan fingerprint density at radius 1 is 1.29 bits per heavy atom. The van der Waals surface area contributed by atoms with E-state index in [9.17, 15) is 4.79 Å². The van der Waals surface area contributed by atoms with Crippen molar-refractivity contribution in [1.82, 2.24) is 10.6 Å². The fourth-order valence-corrected chi connectivity index (χ4v) is 2.84. The van der Waals surface area contributed by atoms with Crippen molar-refractivity contribution < 1.29 is 14.3 Å². The highest BCUT2D eigenvalue weighted by molar-refractivity contribution is 5.82. The zero-order valence-corrected chi connectivity index (χ0v) is 12.6. The van der Waals surface area contributed by atoms with Crippen LogP contribution in [0.2, 0.25) is 0 Å². The number of piperidine rings is 1. The van der Waals surface area contributed by atoms with Crippen LogP contribution in [0.1, 0.15) is 38.3 Å². The molecule has 114 valence electrons. The van der Waals surface area contributed by atoms with Crippen molar-refractivity contribution >= 4 is 5.91 Å². The highest BCUT2D eigenvalue weighted by Crippen LogP contribution is 2.35. The monoisotopic (exact) mass is 290 g/mol. The van der Waals surface area contributed by atoms with Crippen molar-refractivity contribution in [2.24, 2.45) is 5.41 Å². The van der Waals surface area contributed by atoms with Gasteiger partial charge in [-0.3, -0.25) is 4.79 Å². The van der Waals surface area contributed by atoms with Crippen molar-refractivity contribution in [1.29, 1.82) is 0 Å². The van der Waals surface area contributed by atoms with E-state index in [0.29, 0.717) is 0 Å². The molecule has 2 heterocycles. The first-order valence-corrected chi connectivity index (χ1v) is 7.50. The summed E-state index contributed by atoms with van der Waals surface area (Å²) < 4.78 is 10.7. The SMILES string of the molecule is CC(NC(=O)C1(C)CCNCC1)c1ccc2c(c1)OCO2. The summed E-state index contributed by atoms with van der Waals surface area (Å²) in [6.07, 6.45) is 1.76. The summed E-state index contributed by atoms with van der Waals surface area (Å²) in [5.41, 5.74) is 0.765. The Balaban J connectivity index is 1.68. The van der Waals surface area contributed by atoms with Gasteiger partial charge in [-0.1, -0.05) is 13.0 Å². The zero-order valence-electron chi connectivity index (χ0n) is 12.6. The third-order valence-electron chi connectivity index (χ3n) is 4.50. The van der Waals surface area contributed by atoms with Crippen LogP contribution in [-0.4, -0.2) is 25.8 Å². The number of ether oxygens (including phenoxy) is 2. The number of carbonyl (C=O) groups excluding carboxylic acids is 1. The third kappa shape index (κ3) is 2.83. The second-order valence-corrected chi connectivity index (χ2v) is 6.12. The summed E-state index contributed by atoms with van der Waals surface area (Å²) in [6, 6.07) is 5.77. The number of benzene rings is 1. The number of rotatable bonds is 3. The number of nitrogens with one attached hydrogen (secondary N) is 2. The van der Waals surface area contributed by atoms with Crippen molar-refractivity contribution in [3.63, 3.8) is 0 Å². The predicted octanol–water partition coefficient (Wildman–Crippen LogP) is 1.98. The maximum absolute atomic E-state index is 12.5. The number of fused-ring (bicyclic) bond motifs is 1. The molecule has 0 aromatic heterocycles. The summed E-state index contributed by atoms with van der Waals surface area (Å²) in [7, 11) is 0. The van der Waals surface area contributed by atoms with E-state index in [1.165, 1.54) is 0 Å². The van der Waals surface area contributed by atoms with E-state index in [2.05, 4.69) is 17.6 Å². The Morgan fingerprint density at radius 3 is 2.76 bits per heavy atom. The molecular formula is C16H22N2O3. The van der Waals surface area contributed by atoms with Gasteiger partial charge in [0.05, 0.1) is 6.04 Å². The summed E-state index contributed by atoms with van der Waals surface area (Å²) in [5.74, 6) is 1.65. The van der Waals surface area contributed by atoms with Crippen LogP contribution in [-0.2, 0) is 4.79 Å². The first-order valence-electron chi connectivity index (χ1n) is 7.50. The molecular weight excluding hydrogens is 268 g/mol. The van der Waals surface area contributed by atoms with Gasteiger partial charge < -0.3 is 20.1 Å². The van der Waals surface area contributed by atoms with Crippen molar-refractivity contribution in [2.75, 3.05) is 19.9 Å². The van der Waals surface area contributed by atoms with Gasteiger partial charge in [0.15, 0.2) is 11.5 Å². The lowest BCUT2D eigenvalue weighted by Gasteiger charge is -2.33. The van der Waals surface area contributed by atoms with Gasteiger partial charge in [-0.15, -0.1) is 0 Å². The van der Waals surface area contributed by atoms with Crippen LogP contribution in [0.4, 0.5) is 0 Å². The van der Waals surface area contributed by atoms with Gasteiger partial charge in [0.2, 0.25) is 12.7 Å². The van der Waals surface area contributed by atoms with Gasteiger partial charge in [0.1, 0.15) is 0 Å². The quantitative estimate of drug-likeness (QED) is 0.893. The van der Waals surface area contributed by atoms with Gasteiger partial charge in [0, 0.05) is 5.41 Å². The molecule has 5 heteroatoms. The lowest BCUT2D eigenvalue weighted by Crippen LogP contribution is -2.46. The van der Waals surface area contributed by atoms with Gasteiger partial charge in [0.25, 0.3) is 0 Å². The molecule has 0 radical (unpaired) electrons. The molecule has 1 saturated heterocycles. The molecule has 2 aliphatic rings. The van der Waals surface area contributed by atoms with Crippen LogP contribution in [0.15, 0.2) is 18.2 Å².